The minimum atomic E-state index is 0.769. The molecule has 15 heavy (non-hydrogen) atoms. The highest BCUT2D eigenvalue weighted by Crippen LogP contribution is 2.20. The number of hydrogen-bond acceptors (Lipinski definition) is 3. The number of aryl methyl sites for hydroxylation is 1. The van der Waals surface area contributed by atoms with Gasteiger partial charge in [-0.15, -0.1) is 0 Å². The van der Waals surface area contributed by atoms with Crippen LogP contribution in [0.5, 0.6) is 0 Å². The van der Waals surface area contributed by atoms with Crippen molar-refractivity contribution in [3.8, 4) is 0 Å². The highest BCUT2D eigenvalue weighted by Gasteiger charge is 2.23. The Bertz CT molecular complexity index is 307. The zero-order chi connectivity index (χ0) is 10.7. The zero-order valence-corrected chi connectivity index (χ0v) is 9.58. The fourth-order valence-corrected chi connectivity index (χ4v) is 2.17. The fourth-order valence-electron chi connectivity index (χ4n) is 2.17. The molecule has 0 bridgehead atoms. The highest BCUT2D eigenvalue weighted by atomic mass is 15.3. The molecule has 0 aliphatic carbocycles. The number of H-pyrrole nitrogens is 1. The molecule has 1 saturated heterocycles. The van der Waals surface area contributed by atoms with E-state index < -0.39 is 0 Å². The summed E-state index contributed by atoms with van der Waals surface area (Å²) in [4.78, 5) is 10.1. The van der Waals surface area contributed by atoms with Crippen molar-refractivity contribution in [1.29, 1.82) is 0 Å². The van der Waals surface area contributed by atoms with Gasteiger partial charge in [-0.05, 0) is 32.4 Å². The van der Waals surface area contributed by atoms with Gasteiger partial charge in [-0.2, -0.15) is 0 Å². The van der Waals surface area contributed by atoms with E-state index in [4.69, 9.17) is 0 Å². The summed E-state index contributed by atoms with van der Waals surface area (Å²) in [5, 5.41) is 3.24. The molecule has 0 radical (unpaired) electrons. The molecule has 1 aliphatic heterocycles. The van der Waals surface area contributed by atoms with Crippen molar-refractivity contribution in [3.63, 3.8) is 0 Å². The van der Waals surface area contributed by atoms with Gasteiger partial charge in [0.25, 0.3) is 0 Å². The standard InChI is InChI=1S/C11H20N4/c1-3-10-7-13-11(14-10)15-5-4-9(8-15)6-12-2/h7,9,12H,3-6,8H2,1-2H3,(H,13,14). The van der Waals surface area contributed by atoms with Crippen LogP contribution < -0.4 is 10.2 Å². The molecule has 2 heterocycles. The van der Waals surface area contributed by atoms with Crippen molar-refractivity contribution >= 4 is 5.95 Å². The van der Waals surface area contributed by atoms with E-state index in [1.807, 2.05) is 13.2 Å². The van der Waals surface area contributed by atoms with Crippen LogP contribution in [0, 0.1) is 5.92 Å². The Hall–Kier alpha value is -1.03. The Balaban J connectivity index is 1.95. The van der Waals surface area contributed by atoms with Crippen LogP contribution in [0.4, 0.5) is 5.95 Å². The molecule has 1 unspecified atom stereocenters. The third kappa shape index (κ3) is 2.31. The average Bonchev–Trinajstić information content (AvgIpc) is 2.85. The SMILES string of the molecule is CCc1cnc(N2CCC(CNC)C2)[nH]1. The van der Waals surface area contributed by atoms with Gasteiger partial charge >= 0.3 is 0 Å². The molecule has 1 fully saturated rings. The minimum Gasteiger partial charge on any atom is -0.342 e. The van der Waals surface area contributed by atoms with Crippen LogP contribution in [0.15, 0.2) is 6.20 Å². The summed E-state index contributed by atoms with van der Waals surface area (Å²) in [6.07, 6.45) is 4.24. The summed E-state index contributed by atoms with van der Waals surface area (Å²) >= 11 is 0. The molecule has 4 nitrogen and oxygen atoms in total. The number of rotatable bonds is 4. The second kappa shape index (κ2) is 4.66. The van der Waals surface area contributed by atoms with Crippen molar-refractivity contribution in [3.05, 3.63) is 11.9 Å². The minimum absolute atomic E-state index is 0.769. The molecule has 2 N–H and O–H groups in total. The van der Waals surface area contributed by atoms with E-state index >= 15 is 0 Å². The summed E-state index contributed by atoms with van der Waals surface area (Å²) in [5.74, 6) is 1.82. The predicted octanol–water partition coefficient (Wildman–Crippen LogP) is 1.02. The third-order valence-corrected chi connectivity index (χ3v) is 3.07. The van der Waals surface area contributed by atoms with Crippen LogP contribution in [0.3, 0.4) is 0 Å². The van der Waals surface area contributed by atoms with Gasteiger partial charge in [-0.3, -0.25) is 0 Å². The van der Waals surface area contributed by atoms with Gasteiger partial charge < -0.3 is 15.2 Å². The van der Waals surface area contributed by atoms with E-state index in [-0.39, 0.29) is 0 Å². The number of nitrogens with one attached hydrogen (secondary N) is 2. The first-order valence-electron chi connectivity index (χ1n) is 5.77. The number of imidazole rings is 1. The molecule has 1 atom stereocenters. The van der Waals surface area contributed by atoms with Crippen LogP contribution in [0.2, 0.25) is 0 Å². The van der Waals surface area contributed by atoms with Crippen LogP contribution in [-0.4, -0.2) is 36.6 Å². The summed E-state index contributed by atoms with van der Waals surface area (Å²) in [7, 11) is 2.02. The van der Waals surface area contributed by atoms with Gasteiger partial charge in [0, 0.05) is 18.8 Å². The van der Waals surface area contributed by atoms with Crippen LogP contribution >= 0.6 is 0 Å². The molecular formula is C11H20N4. The zero-order valence-electron chi connectivity index (χ0n) is 9.58. The molecule has 0 spiro atoms. The summed E-state index contributed by atoms with van der Waals surface area (Å²) < 4.78 is 0. The largest absolute Gasteiger partial charge is 0.342 e. The van der Waals surface area contributed by atoms with Gasteiger partial charge in [-0.25, -0.2) is 4.98 Å². The van der Waals surface area contributed by atoms with E-state index in [0.29, 0.717) is 0 Å². The normalized spacial score (nSPS) is 21.2. The van der Waals surface area contributed by atoms with Crippen LogP contribution in [0.25, 0.3) is 0 Å². The lowest BCUT2D eigenvalue weighted by molar-refractivity contribution is 0.548. The second-order valence-corrected chi connectivity index (χ2v) is 4.24. The van der Waals surface area contributed by atoms with Gasteiger partial charge in [-0.1, -0.05) is 6.92 Å². The Morgan fingerprint density at radius 1 is 1.67 bits per heavy atom. The molecule has 1 aliphatic rings. The van der Waals surface area contributed by atoms with E-state index in [2.05, 4.69) is 27.1 Å². The Kier molecular flexibility index (Phi) is 3.26. The molecule has 84 valence electrons. The maximum absolute atomic E-state index is 4.41. The number of nitrogens with zero attached hydrogens (tertiary/aromatic N) is 2. The van der Waals surface area contributed by atoms with Crippen LogP contribution in [0.1, 0.15) is 19.0 Å². The van der Waals surface area contributed by atoms with Gasteiger partial charge in [0.15, 0.2) is 0 Å². The maximum atomic E-state index is 4.41. The lowest BCUT2D eigenvalue weighted by atomic mass is 10.1. The molecule has 0 saturated carbocycles. The van der Waals surface area contributed by atoms with Gasteiger partial charge in [0.05, 0.1) is 6.20 Å². The molecule has 1 aromatic heterocycles. The first-order valence-corrected chi connectivity index (χ1v) is 5.77. The van der Waals surface area contributed by atoms with Crippen molar-refractivity contribution in [2.75, 3.05) is 31.6 Å². The predicted molar refractivity (Wildman–Crippen MR) is 62.2 cm³/mol. The first-order chi connectivity index (χ1) is 7.33. The lowest BCUT2D eigenvalue weighted by Crippen LogP contribution is -2.24. The molecular weight excluding hydrogens is 188 g/mol. The number of anilines is 1. The Labute approximate surface area is 91.1 Å². The Morgan fingerprint density at radius 3 is 3.20 bits per heavy atom. The van der Waals surface area contributed by atoms with Gasteiger partial charge in [0.1, 0.15) is 0 Å². The Morgan fingerprint density at radius 2 is 2.53 bits per heavy atom. The van der Waals surface area contributed by atoms with E-state index in [1.54, 1.807) is 0 Å². The number of aromatic amines is 1. The number of hydrogen-bond donors (Lipinski definition) is 2. The summed E-state index contributed by atoms with van der Waals surface area (Å²) in [6.45, 7) is 5.50. The highest BCUT2D eigenvalue weighted by molar-refractivity contribution is 5.33. The van der Waals surface area contributed by atoms with Crippen molar-refractivity contribution in [2.24, 2.45) is 5.92 Å². The quantitative estimate of drug-likeness (QED) is 0.776. The average molecular weight is 208 g/mol. The smallest absolute Gasteiger partial charge is 0.202 e. The topological polar surface area (TPSA) is 44.0 Å². The lowest BCUT2D eigenvalue weighted by Gasteiger charge is -2.14. The van der Waals surface area contributed by atoms with E-state index in [1.165, 1.54) is 12.1 Å². The molecule has 2 rings (SSSR count). The van der Waals surface area contributed by atoms with Crippen molar-refractivity contribution in [1.82, 2.24) is 15.3 Å². The molecule has 1 aromatic rings. The third-order valence-electron chi connectivity index (χ3n) is 3.07. The molecule has 0 aromatic carbocycles. The fraction of sp³-hybridized carbons (Fsp3) is 0.727. The molecule has 0 amide bonds. The van der Waals surface area contributed by atoms with Crippen LogP contribution in [-0.2, 0) is 6.42 Å². The monoisotopic (exact) mass is 208 g/mol. The maximum Gasteiger partial charge on any atom is 0.202 e. The van der Waals surface area contributed by atoms with E-state index in [9.17, 15) is 0 Å². The second-order valence-electron chi connectivity index (χ2n) is 4.24. The first kappa shape index (κ1) is 10.5. The number of aromatic nitrogens is 2. The van der Waals surface area contributed by atoms with Crippen molar-refractivity contribution < 1.29 is 0 Å². The molecule has 4 heteroatoms. The van der Waals surface area contributed by atoms with Gasteiger partial charge in [0.2, 0.25) is 5.95 Å². The summed E-state index contributed by atoms with van der Waals surface area (Å²) in [6, 6.07) is 0. The van der Waals surface area contributed by atoms with E-state index in [0.717, 1.165) is 37.9 Å². The summed E-state index contributed by atoms with van der Waals surface area (Å²) in [5.41, 5.74) is 1.22. The van der Waals surface area contributed by atoms with Crippen molar-refractivity contribution in [2.45, 2.75) is 19.8 Å².